The zero-order chi connectivity index (χ0) is 20.4. The van der Waals surface area contributed by atoms with Gasteiger partial charge in [0.15, 0.2) is 0 Å². The van der Waals surface area contributed by atoms with Gasteiger partial charge in [-0.25, -0.2) is 9.59 Å². The molecular formula is C20H32N2O5. The number of aliphatic carboxylic acids is 1. The Morgan fingerprint density at radius 1 is 1.15 bits per heavy atom. The summed E-state index contributed by atoms with van der Waals surface area (Å²) in [6.45, 7) is 10.9. The number of fused-ring (bicyclic) bond motifs is 3. The maximum Gasteiger partial charge on any atom is 0.408 e. The number of hydrogen-bond donors (Lipinski definition) is 2. The highest BCUT2D eigenvalue weighted by Gasteiger charge is 2.67. The average Bonchev–Trinajstić information content (AvgIpc) is 2.99. The van der Waals surface area contributed by atoms with Gasteiger partial charge in [-0.3, -0.25) is 4.79 Å². The molecular weight excluding hydrogens is 348 g/mol. The Balaban J connectivity index is 1.82. The third kappa shape index (κ3) is 3.65. The maximum atomic E-state index is 13.4. The summed E-state index contributed by atoms with van der Waals surface area (Å²) in [5, 5.41) is 12.5. The minimum absolute atomic E-state index is 0.0334. The molecule has 0 aromatic carbocycles. The van der Waals surface area contributed by atoms with Crippen LogP contribution in [0.3, 0.4) is 0 Å². The second kappa shape index (κ2) is 6.11. The normalized spacial score (nSPS) is 29.6. The third-order valence-electron chi connectivity index (χ3n) is 6.20. The fraction of sp³-hybridized carbons (Fsp3) is 0.850. The zero-order valence-corrected chi connectivity index (χ0v) is 17.2. The largest absolute Gasteiger partial charge is 0.480 e. The van der Waals surface area contributed by atoms with Gasteiger partial charge in [0.1, 0.15) is 17.7 Å². The number of hydrogen-bond acceptors (Lipinski definition) is 4. The van der Waals surface area contributed by atoms with Crippen molar-refractivity contribution in [3.8, 4) is 0 Å². The predicted molar refractivity (Wildman–Crippen MR) is 99.1 cm³/mol. The Kier molecular flexibility index (Phi) is 4.51. The molecule has 4 atom stereocenters. The number of amides is 2. The van der Waals surface area contributed by atoms with Crippen LogP contribution in [0.4, 0.5) is 4.79 Å². The number of piperidine rings is 1. The van der Waals surface area contributed by atoms with Gasteiger partial charge in [-0.2, -0.15) is 0 Å². The monoisotopic (exact) mass is 380 g/mol. The minimum atomic E-state index is -0.938. The number of nitrogens with zero attached hydrogens (tertiary/aromatic N) is 1. The van der Waals surface area contributed by atoms with E-state index >= 15 is 0 Å². The zero-order valence-electron chi connectivity index (χ0n) is 17.2. The summed E-state index contributed by atoms with van der Waals surface area (Å²) in [4.78, 5) is 39.3. The summed E-state index contributed by atoms with van der Waals surface area (Å²) in [5.74, 6) is -1.22. The summed E-state index contributed by atoms with van der Waals surface area (Å²) in [6.07, 6.45) is 3.12. The molecule has 2 bridgehead atoms. The van der Waals surface area contributed by atoms with Crippen LogP contribution in [-0.2, 0) is 14.3 Å². The lowest BCUT2D eigenvalue weighted by Gasteiger charge is -2.41. The average molecular weight is 380 g/mol. The second-order valence-electron chi connectivity index (χ2n) is 10.5. The molecule has 3 fully saturated rings. The highest BCUT2D eigenvalue weighted by Crippen LogP contribution is 2.67. The number of likely N-dealkylation sites (tertiary alicyclic amines) is 1. The fourth-order valence-electron chi connectivity index (χ4n) is 4.91. The summed E-state index contributed by atoms with van der Waals surface area (Å²) in [7, 11) is 0. The topological polar surface area (TPSA) is 95.9 Å². The number of carbonyl (C=O) groups excluding carboxylic acids is 2. The molecule has 2 amide bonds. The summed E-state index contributed by atoms with van der Waals surface area (Å²) in [5.41, 5.74) is -1.11. The van der Waals surface area contributed by atoms with Gasteiger partial charge < -0.3 is 20.1 Å². The highest BCUT2D eigenvalue weighted by atomic mass is 16.6. The van der Waals surface area contributed by atoms with E-state index in [1.165, 1.54) is 0 Å². The summed E-state index contributed by atoms with van der Waals surface area (Å²) >= 11 is 0. The number of carbonyl (C=O) groups is 3. The molecule has 2 aliphatic carbocycles. The molecule has 1 saturated heterocycles. The number of rotatable bonds is 3. The van der Waals surface area contributed by atoms with E-state index in [9.17, 15) is 19.5 Å². The number of alkyl carbamates (subject to hydrolysis) is 1. The fourth-order valence-corrected chi connectivity index (χ4v) is 4.91. The van der Waals surface area contributed by atoms with E-state index in [0.29, 0.717) is 0 Å². The number of nitrogens with one attached hydrogen (secondary N) is 1. The van der Waals surface area contributed by atoms with Gasteiger partial charge in [0.25, 0.3) is 0 Å². The van der Waals surface area contributed by atoms with E-state index in [0.717, 1.165) is 25.7 Å². The molecule has 152 valence electrons. The van der Waals surface area contributed by atoms with Crippen LogP contribution in [0.5, 0.6) is 0 Å². The van der Waals surface area contributed by atoms with E-state index in [-0.39, 0.29) is 23.3 Å². The molecule has 0 unspecified atom stereocenters. The van der Waals surface area contributed by atoms with Crippen LogP contribution in [-0.4, -0.2) is 51.7 Å². The Hall–Kier alpha value is -1.79. The molecule has 3 rings (SSSR count). The lowest BCUT2D eigenvalue weighted by Crippen LogP contribution is -2.61. The lowest BCUT2D eigenvalue weighted by molar-refractivity contribution is -0.156. The van der Waals surface area contributed by atoms with Crippen molar-refractivity contribution in [1.82, 2.24) is 10.2 Å². The van der Waals surface area contributed by atoms with Crippen LogP contribution < -0.4 is 5.32 Å². The Morgan fingerprint density at radius 2 is 1.74 bits per heavy atom. The Bertz CT molecular complexity index is 656. The van der Waals surface area contributed by atoms with Gasteiger partial charge in [0, 0.05) is 6.04 Å². The van der Waals surface area contributed by atoms with E-state index in [1.54, 1.807) is 25.7 Å². The third-order valence-corrected chi connectivity index (χ3v) is 6.20. The van der Waals surface area contributed by atoms with Gasteiger partial charge in [0.2, 0.25) is 5.91 Å². The van der Waals surface area contributed by atoms with Crippen LogP contribution in [0.2, 0.25) is 0 Å². The van der Waals surface area contributed by atoms with Crippen LogP contribution >= 0.6 is 0 Å². The molecule has 2 saturated carbocycles. The van der Waals surface area contributed by atoms with Crippen molar-refractivity contribution in [3.63, 3.8) is 0 Å². The second-order valence-corrected chi connectivity index (χ2v) is 10.5. The van der Waals surface area contributed by atoms with Crippen molar-refractivity contribution in [2.45, 2.75) is 91.0 Å². The molecule has 7 nitrogen and oxygen atoms in total. The van der Waals surface area contributed by atoms with E-state index < -0.39 is 35.2 Å². The Morgan fingerprint density at radius 3 is 2.19 bits per heavy atom. The number of carboxylic acid groups (broad SMARTS) is 1. The van der Waals surface area contributed by atoms with E-state index in [1.807, 2.05) is 20.8 Å². The van der Waals surface area contributed by atoms with Gasteiger partial charge >= 0.3 is 12.1 Å². The van der Waals surface area contributed by atoms with Gasteiger partial charge in [0.05, 0.1) is 0 Å². The van der Waals surface area contributed by atoms with E-state index in [2.05, 4.69) is 5.32 Å². The van der Waals surface area contributed by atoms with Crippen LogP contribution in [0.15, 0.2) is 0 Å². The van der Waals surface area contributed by atoms with Crippen molar-refractivity contribution in [1.29, 1.82) is 0 Å². The van der Waals surface area contributed by atoms with Crippen molar-refractivity contribution in [3.05, 3.63) is 0 Å². The molecule has 7 heteroatoms. The van der Waals surface area contributed by atoms with Gasteiger partial charge in [-0.1, -0.05) is 20.8 Å². The number of ether oxygens (including phenoxy) is 1. The van der Waals surface area contributed by atoms with Gasteiger partial charge in [-0.05, 0) is 63.2 Å². The molecule has 1 aliphatic heterocycles. The van der Waals surface area contributed by atoms with Crippen LogP contribution in [0.25, 0.3) is 0 Å². The van der Waals surface area contributed by atoms with Crippen molar-refractivity contribution in [2.24, 2.45) is 16.7 Å². The molecule has 1 spiro atoms. The SMILES string of the molecule is CC(C)(C)OC(=O)N[C@H](C(=O)N1[C@H]2C[C@@H]([C@H]1C(=O)O)C1(CC1)C2)C(C)(C)C. The molecule has 27 heavy (non-hydrogen) atoms. The smallest absolute Gasteiger partial charge is 0.408 e. The molecule has 0 radical (unpaired) electrons. The first-order valence-corrected chi connectivity index (χ1v) is 9.80. The summed E-state index contributed by atoms with van der Waals surface area (Å²) < 4.78 is 5.32. The molecule has 3 aliphatic rings. The molecule has 2 N–H and O–H groups in total. The molecule has 0 aromatic heterocycles. The van der Waals surface area contributed by atoms with Crippen LogP contribution in [0.1, 0.15) is 67.2 Å². The maximum absolute atomic E-state index is 13.4. The molecule has 1 heterocycles. The first kappa shape index (κ1) is 20.0. The standard InChI is InChI=1S/C20H32N2O5/c1-18(2,3)14(21-17(26)27-19(4,5)6)15(23)22-11-9-12(13(22)16(24)25)20(10-11)7-8-20/h11-14H,7-10H2,1-6H3,(H,21,26)(H,24,25)/t11-,12-,13-,14+/m0/s1. The summed E-state index contributed by atoms with van der Waals surface area (Å²) in [6, 6.07) is -1.68. The first-order chi connectivity index (χ1) is 12.3. The van der Waals surface area contributed by atoms with Crippen molar-refractivity contribution >= 4 is 18.0 Å². The first-order valence-electron chi connectivity index (χ1n) is 9.80. The minimum Gasteiger partial charge on any atom is -0.480 e. The predicted octanol–water partition coefficient (Wildman–Crippen LogP) is 2.78. The molecule has 0 aromatic rings. The highest BCUT2D eigenvalue weighted by molar-refractivity contribution is 5.91. The van der Waals surface area contributed by atoms with Gasteiger partial charge in [-0.15, -0.1) is 0 Å². The lowest BCUT2D eigenvalue weighted by atomic mass is 9.82. The van der Waals surface area contributed by atoms with Crippen molar-refractivity contribution in [2.75, 3.05) is 0 Å². The Labute approximate surface area is 160 Å². The van der Waals surface area contributed by atoms with Crippen molar-refractivity contribution < 1.29 is 24.2 Å². The number of carboxylic acids is 1. The van der Waals surface area contributed by atoms with Crippen LogP contribution in [0, 0.1) is 16.7 Å². The quantitative estimate of drug-likeness (QED) is 0.785. The van der Waals surface area contributed by atoms with E-state index in [4.69, 9.17) is 4.74 Å².